The van der Waals surface area contributed by atoms with Gasteiger partial charge in [0.2, 0.25) is 0 Å². The maximum Gasteiger partial charge on any atom is 0.150 e. The largest absolute Gasteiger partial charge is 0.312 e. The molecule has 0 spiro atoms. The van der Waals surface area contributed by atoms with E-state index in [4.69, 9.17) is 0 Å². The average Bonchev–Trinajstić information content (AvgIpc) is 2.39. The lowest BCUT2D eigenvalue weighted by Gasteiger charge is -2.00. The average molecular weight is 241 g/mol. The number of carbonyl (C=O) groups is 1. The van der Waals surface area contributed by atoms with E-state index in [1.807, 2.05) is 74.6 Å². The summed E-state index contributed by atoms with van der Waals surface area (Å²) in [6, 6.07) is 17.6. The highest BCUT2D eigenvalue weighted by molar-refractivity contribution is 5.78. The molecule has 0 atom stereocenters. The molecule has 0 bridgehead atoms. The molecule has 0 aliphatic heterocycles. The first kappa shape index (κ1) is 14.1. The minimum atomic E-state index is 0.714. The number of hydrogen-bond acceptors (Lipinski definition) is 2. The molecule has 0 amide bonds. The second kappa shape index (κ2) is 7.41. The zero-order chi connectivity index (χ0) is 13.4. The van der Waals surface area contributed by atoms with Crippen LogP contribution in [0.15, 0.2) is 54.6 Å². The van der Waals surface area contributed by atoms with Gasteiger partial charge in [0.05, 0.1) is 0 Å². The van der Waals surface area contributed by atoms with Crippen LogP contribution in [0.3, 0.4) is 0 Å². The van der Waals surface area contributed by atoms with Gasteiger partial charge in [-0.15, -0.1) is 0 Å². The molecule has 0 unspecified atom stereocenters. The molecule has 2 aromatic rings. The maximum absolute atomic E-state index is 10.6. The van der Waals surface area contributed by atoms with Gasteiger partial charge in [0.25, 0.3) is 0 Å². The van der Waals surface area contributed by atoms with E-state index in [1.165, 1.54) is 0 Å². The Morgan fingerprint density at radius 2 is 1.39 bits per heavy atom. The van der Waals surface area contributed by atoms with Crippen LogP contribution >= 0.6 is 0 Å². The summed E-state index contributed by atoms with van der Waals surface area (Å²) in [4.78, 5) is 12.6. The van der Waals surface area contributed by atoms with Crippen molar-refractivity contribution in [1.82, 2.24) is 4.90 Å². The van der Waals surface area contributed by atoms with Gasteiger partial charge < -0.3 is 4.90 Å². The smallest absolute Gasteiger partial charge is 0.150 e. The normalized spacial score (nSPS) is 9.56. The van der Waals surface area contributed by atoms with Crippen LogP contribution in [-0.4, -0.2) is 32.3 Å². The van der Waals surface area contributed by atoms with Crippen molar-refractivity contribution in [3.63, 3.8) is 0 Å². The molecule has 2 heteroatoms. The molecular formula is C16H19NO. The third kappa shape index (κ3) is 4.93. The Morgan fingerprint density at radius 1 is 0.833 bits per heavy atom. The highest BCUT2D eigenvalue weighted by Crippen LogP contribution is 2.18. The molecule has 0 radical (unpaired) electrons. The maximum atomic E-state index is 10.6. The first-order valence-electron chi connectivity index (χ1n) is 5.85. The second-order valence-electron chi connectivity index (χ2n) is 4.45. The summed E-state index contributed by atoms with van der Waals surface area (Å²) in [5.41, 5.74) is 2.93. The Balaban J connectivity index is 0.000000357. The van der Waals surface area contributed by atoms with E-state index < -0.39 is 0 Å². The lowest BCUT2D eigenvalue weighted by Crippen LogP contribution is -1.99. The van der Waals surface area contributed by atoms with Crippen molar-refractivity contribution in [1.29, 1.82) is 0 Å². The SMILES string of the molecule is CN(C)C.O=Cc1cccc(-c2ccccc2)c1. The van der Waals surface area contributed by atoms with Crippen molar-refractivity contribution in [2.75, 3.05) is 21.1 Å². The Kier molecular flexibility index (Phi) is 5.81. The highest BCUT2D eigenvalue weighted by atomic mass is 16.1. The summed E-state index contributed by atoms with van der Waals surface area (Å²) in [6.07, 6.45) is 0.867. The number of benzene rings is 2. The fraction of sp³-hybridized carbons (Fsp3) is 0.188. The first-order valence-corrected chi connectivity index (χ1v) is 5.85. The Labute approximate surface area is 109 Å². The topological polar surface area (TPSA) is 20.3 Å². The van der Waals surface area contributed by atoms with Gasteiger partial charge in [0.1, 0.15) is 6.29 Å². The number of aldehydes is 1. The monoisotopic (exact) mass is 241 g/mol. The number of hydrogen-bond donors (Lipinski definition) is 0. The van der Waals surface area contributed by atoms with Crippen LogP contribution in [-0.2, 0) is 0 Å². The van der Waals surface area contributed by atoms with Crippen molar-refractivity contribution in [2.45, 2.75) is 0 Å². The minimum absolute atomic E-state index is 0.714. The lowest BCUT2D eigenvalue weighted by atomic mass is 10.0. The molecule has 0 aliphatic carbocycles. The predicted octanol–water partition coefficient (Wildman–Crippen LogP) is 3.34. The number of rotatable bonds is 2. The van der Waals surface area contributed by atoms with E-state index in [1.54, 1.807) is 6.07 Å². The molecule has 0 heterocycles. The van der Waals surface area contributed by atoms with E-state index in [0.29, 0.717) is 5.56 Å². The van der Waals surface area contributed by atoms with Crippen molar-refractivity contribution >= 4 is 6.29 Å². The van der Waals surface area contributed by atoms with E-state index in [9.17, 15) is 4.79 Å². The van der Waals surface area contributed by atoms with Crippen molar-refractivity contribution in [2.24, 2.45) is 0 Å². The lowest BCUT2D eigenvalue weighted by molar-refractivity contribution is 0.112. The molecule has 0 saturated carbocycles. The second-order valence-corrected chi connectivity index (χ2v) is 4.45. The molecule has 18 heavy (non-hydrogen) atoms. The van der Waals surface area contributed by atoms with Crippen LogP contribution in [0.2, 0.25) is 0 Å². The van der Waals surface area contributed by atoms with Crippen LogP contribution < -0.4 is 0 Å². The molecule has 0 saturated heterocycles. The van der Waals surface area contributed by atoms with Crippen LogP contribution in [0.4, 0.5) is 0 Å². The summed E-state index contributed by atoms with van der Waals surface area (Å²) in [5.74, 6) is 0. The minimum Gasteiger partial charge on any atom is -0.312 e. The van der Waals surface area contributed by atoms with Crippen LogP contribution in [0.5, 0.6) is 0 Å². The van der Waals surface area contributed by atoms with Crippen molar-refractivity contribution in [3.8, 4) is 11.1 Å². The quantitative estimate of drug-likeness (QED) is 0.752. The predicted molar refractivity (Wildman–Crippen MR) is 76.9 cm³/mol. The van der Waals surface area contributed by atoms with Gasteiger partial charge in [0.15, 0.2) is 0 Å². The molecule has 0 N–H and O–H groups in total. The van der Waals surface area contributed by atoms with Gasteiger partial charge in [-0.3, -0.25) is 4.79 Å². The van der Waals surface area contributed by atoms with Gasteiger partial charge in [-0.2, -0.15) is 0 Å². The number of carbonyl (C=O) groups excluding carboxylic acids is 1. The summed E-state index contributed by atoms with van der Waals surface area (Å²) in [7, 11) is 6.00. The fourth-order valence-electron chi connectivity index (χ4n) is 1.42. The third-order valence-corrected chi connectivity index (χ3v) is 2.13. The van der Waals surface area contributed by atoms with Gasteiger partial charge in [-0.25, -0.2) is 0 Å². The Hall–Kier alpha value is -1.93. The van der Waals surface area contributed by atoms with Crippen LogP contribution in [0.1, 0.15) is 10.4 Å². The van der Waals surface area contributed by atoms with E-state index in [0.717, 1.165) is 17.4 Å². The van der Waals surface area contributed by atoms with Gasteiger partial charge in [-0.1, -0.05) is 48.5 Å². The molecular weight excluding hydrogens is 222 g/mol. The molecule has 94 valence electrons. The van der Waals surface area contributed by atoms with Crippen molar-refractivity contribution < 1.29 is 4.79 Å². The van der Waals surface area contributed by atoms with Gasteiger partial charge in [0, 0.05) is 5.56 Å². The van der Waals surface area contributed by atoms with Gasteiger partial charge >= 0.3 is 0 Å². The molecule has 0 aromatic heterocycles. The fourth-order valence-corrected chi connectivity index (χ4v) is 1.42. The van der Waals surface area contributed by atoms with E-state index in [2.05, 4.69) is 0 Å². The van der Waals surface area contributed by atoms with Crippen molar-refractivity contribution in [3.05, 3.63) is 60.2 Å². The van der Waals surface area contributed by atoms with Gasteiger partial charge in [-0.05, 0) is 38.3 Å². The standard InChI is InChI=1S/C13H10O.C3H9N/c14-10-11-5-4-8-13(9-11)12-6-2-1-3-7-12;1-4(2)3/h1-10H;1-3H3. The highest BCUT2D eigenvalue weighted by Gasteiger charge is 1.96. The van der Waals surface area contributed by atoms with E-state index >= 15 is 0 Å². The zero-order valence-corrected chi connectivity index (χ0v) is 11.1. The summed E-state index contributed by atoms with van der Waals surface area (Å²) in [5, 5.41) is 0. The summed E-state index contributed by atoms with van der Waals surface area (Å²) in [6.45, 7) is 0. The van der Waals surface area contributed by atoms with E-state index in [-0.39, 0.29) is 0 Å². The molecule has 0 aliphatic rings. The number of nitrogens with zero attached hydrogens (tertiary/aromatic N) is 1. The molecule has 2 nitrogen and oxygen atoms in total. The zero-order valence-electron chi connectivity index (χ0n) is 11.1. The van der Waals surface area contributed by atoms with Crippen LogP contribution in [0.25, 0.3) is 11.1 Å². The van der Waals surface area contributed by atoms with Crippen LogP contribution in [0, 0.1) is 0 Å². The summed E-state index contributed by atoms with van der Waals surface area (Å²) >= 11 is 0. The third-order valence-electron chi connectivity index (χ3n) is 2.13. The molecule has 2 aromatic carbocycles. The molecule has 2 rings (SSSR count). The summed E-state index contributed by atoms with van der Waals surface area (Å²) < 4.78 is 0. The molecule has 0 fully saturated rings. The first-order chi connectivity index (χ1) is 8.63. The Morgan fingerprint density at radius 3 is 1.94 bits per heavy atom. The Bertz CT molecular complexity index is 475.